The third-order valence-corrected chi connectivity index (χ3v) is 3.31. The molecule has 4 heteroatoms. The Hall–Kier alpha value is -1.09. The predicted octanol–water partition coefficient (Wildman–Crippen LogP) is 3.97. The van der Waals surface area contributed by atoms with Gasteiger partial charge in [0, 0.05) is 0 Å². The number of rotatable bonds is 2. The molecular formula is C13H14ClFO2. The lowest BCUT2D eigenvalue weighted by atomic mass is 9.98. The van der Waals surface area contributed by atoms with Gasteiger partial charge in [-0.25, -0.2) is 9.18 Å². The van der Waals surface area contributed by atoms with E-state index >= 15 is 0 Å². The molecule has 1 saturated carbocycles. The quantitative estimate of drug-likeness (QED) is 0.749. The zero-order valence-electron chi connectivity index (χ0n) is 9.42. The minimum Gasteiger partial charge on any atom is -0.459 e. The maximum Gasteiger partial charge on any atom is 0.342 e. The molecule has 0 atom stereocenters. The molecule has 17 heavy (non-hydrogen) atoms. The summed E-state index contributed by atoms with van der Waals surface area (Å²) in [4.78, 5) is 11.8. The summed E-state index contributed by atoms with van der Waals surface area (Å²) in [6.45, 7) is 0. The third-order valence-electron chi connectivity index (χ3n) is 2.99. The lowest BCUT2D eigenvalue weighted by Gasteiger charge is -2.22. The van der Waals surface area contributed by atoms with Crippen LogP contribution in [-0.2, 0) is 4.74 Å². The number of halogens is 2. The van der Waals surface area contributed by atoms with Crippen LogP contribution >= 0.6 is 11.6 Å². The molecule has 2 rings (SSSR count). The van der Waals surface area contributed by atoms with Crippen molar-refractivity contribution in [2.75, 3.05) is 0 Å². The summed E-state index contributed by atoms with van der Waals surface area (Å²) >= 11 is 5.80. The number of hydrogen-bond acceptors (Lipinski definition) is 2. The van der Waals surface area contributed by atoms with Crippen molar-refractivity contribution in [2.24, 2.45) is 0 Å². The van der Waals surface area contributed by atoms with Gasteiger partial charge < -0.3 is 4.74 Å². The third kappa shape index (κ3) is 2.97. The number of benzene rings is 1. The van der Waals surface area contributed by atoms with Crippen LogP contribution in [0.4, 0.5) is 4.39 Å². The van der Waals surface area contributed by atoms with E-state index in [0.717, 1.165) is 25.7 Å². The van der Waals surface area contributed by atoms with E-state index in [1.54, 1.807) is 0 Å². The lowest BCUT2D eigenvalue weighted by Crippen LogP contribution is -2.21. The van der Waals surface area contributed by atoms with Crippen molar-refractivity contribution in [3.8, 4) is 0 Å². The number of hydrogen-bond donors (Lipinski definition) is 0. The average Bonchev–Trinajstić information content (AvgIpc) is 2.30. The molecule has 92 valence electrons. The molecule has 0 N–H and O–H groups in total. The van der Waals surface area contributed by atoms with Crippen LogP contribution in [-0.4, -0.2) is 12.1 Å². The van der Waals surface area contributed by atoms with Crippen LogP contribution in [0, 0.1) is 5.82 Å². The Balaban J connectivity index is 2.08. The van der Waals surface area contributed by atoms with Gasteiger partial charge in [-0.1, -0.05) is 24.1 Å². The Morgan fingerprint density at radius 3 is 2.65 bits per heavy atom. The average molecular weight is 257 g/mol. The Morgan fingerprint density at radius 2 is 2.00 bits per heavy atom. The molecule has 1 aromatic carbocycles. The van der Waals surface area contributed by atoms with Crippen molar-refractivity contribution in [1.29, 1.82) is 0 Å². The first kappa shape index (κ1) is 12.4. The molecule has 2 nitrogen and oxygen atoms in total. The van der Waals surface area contributed by atoms with E-state index in [9.17, 15) is 9.18 Å². The number of carbonyl (C=O) groups is 1. The second-order valence-corrected chi connectivity index (χ2v) is 4.67. The smallest absolute Gasteiger partial charge is 0.342 e. The highest BCUT2D eigenvalue weighted by Gasteiger charge is 2.22. The highest BCUT2D eigenvalue weighted by atomic mass is 35.5. The molecule has 0 spiro atoms. The van der Waals surface area contributed by atoms with Gasteiger partial charge in [-0.15, -0.1) is 0 Å². The minimum absolute atomic E-state index is 0.0908. The van der Waals surface area contributed by atoms with Crippen molar-refractivity contribution in [3.63, 3.8) is 0 Å². The normalized spacial score (nSPS) is 16.8. The van der Waals surface area contributed by atoms with Crippen molar-refractivity contribution < 1.29 is 13.9 Å². The van der Waals surface area contributed by atoms with Crippen LogP contribution in [0.2, 0.25) is 5.02 Å². The Bertz CT molecular complexity index is 394. The number of ether oxygens (including phenoxy) is 1. The van der Waals surface area contributed by atoms with Gasteiger partial charge >= 0.3 is 5.97 Å². The summed E-state index contributed by atoms with van der Waals surface area (Å²) < 4.78 is 18.7. The molecule has 1 aliphatic carbocycles. The molecular weight excluding hydrogens is 243 g/mol. The molecule has 0 amide bonds. The summed E-state index contributed by atoms with van der Waals surface area (Å²) in [5.74, 6) is -1.28. The highest BCUT2D eigenvalue weighted by Crippen LogP contribution is 2.24. The van der Waals surface area contributed by atoms with Crippen LogP contribution in [0.15, 0.2) is 18.2 Å². The summed E-state index contributed by atoms with van der Waals surface area (Å²) in [5, 5.41) is 0.103. The maximum absolute atomic E-state index is 13.5. The fourth-order valence-corrected chi connectivity index (χ4v) is 2.33. The molecule has 0 heterocycles. The van der Waals surface area contributed by atoms with E-state index in [-0.39, 0.29) is 16.7 Å². The van der Waals surface area contributed by atoms with Crippen molar-refractivity contribution >= 4 is 17.6 Å². The van der Waals surface area contributed by atoms with Gasteiger partial charge in [0.25, 0.3) is 0 Å². The van der Waals surface area contributed by atoms with Crippen LogP contribution in [0.25, 0.3) is 0 Å². The van der Waals surface area contributed by atoms with Crippen molar-refractivity contribution in [1.82, 2.24) is 0 Å². The molecule has 0 saturated heterocycles. The molecule has 1 fully saturated rings. The highest BCUT2D eigenvalue weighted by molar-refractivity contribution is 6.33. The first-order valence-corrected chi connectivity index (χ1v) is 6.21. The fraction of sp³-hybridized carbons (Fsp3) is 0.462. The SMILES string of the molecule is O=C(OC1CCCCC1)c1c(F)cccc1Cl. The van der Waals surface area contributed by atoms with E-state index in [1.165, 1.54) is 24.6 Å². The summed E-state index contributed by atoms with van der Waals surface area (Å²) in [7, 11) is 0. The fourth-order valence-electron chi connectivity index (χ4n) is 2.09. The van der Waals surface area contributed by atoms with E-state index < -0.39 is 11.8 Å². The van der Waals surface area contributed by atoms with Crippen LogP contribution in [0.1, 0.15) is 42.5 Å². The van der Waals surface area contributed by atoms with Gasteiger partial charge in [0.15, 0.2) is 0 Å². The van der Waals surface area contributed by atoms with Gasteiger partial charge in [-0.05, 0) is 37.8 Å². The lowest BCUT2D eigenvalue weighted by molar-refractivity contribution is 0.0206. The first-order chi connectivity index (χ1) is 8.18. The second kappa shape index (κ2) is 5.50. The van der Waals surface area contributed by atoms with E-state index in [0.29, 0.717) is 0 Å². The van der Waals surface area contributed by atoms with Gasteiger partial charge in [-0.3, -0.25) is 0 Å². The molecule has 0 unspecified atom stereocenters. The predicted molar refractivity (Wildman–Crippen MR) is 63.7 cm³/mol. The van der Waals surface area contributed by atoms with E-state index in [4.69, 9.17) is 16.3 Å². The summed E-state index contributed by atoms with van der Waals surface area (Å²) in [6, 6.07) is 4.17. The summed E-state index contributed by atoms with van der Waals surface area (Å²) in [5.41, 5.74) is -0.153. The second-order valence-electron chi connectivity index (χ2n) is 4.26. The molecule has 1 aliphatic rings. The maximum atomic E-state index is 13.5. The zero-order chi connectivity index (χ0) is 12.3. The van der Waals surface area contributed by atoms with Gasteiger partial charge in [0.1, 0.15) is 17.5 Å². The molecule has 0 bridgehead atoms. The van der Waals surface area contributed by atoms with Crippen LogP contribution in [0.5, 0.6) is 0 Å². The van der Waals surface area contributed by atoms with E-state index in [1.807, 2.05) is 0 Å². The summed E-state index contributed by atoms with van der Waals surface area (Å²) in [6.07, 6.45) is 4.92. The number of carbonyl (C=O) groups excluding carboxylic acids is 1. The monoisotopic (exact) mass is 256 g/mol. The Kier molecular flexibility index (Phi) is 4.00. The van der Waals surface area contributed by atoms with Crippen LogP contribution < -0.4 is 0 Å². The first-order valence-electron chi connectivity index (χ1n) is 5.83. The molecule has 1 aromatic rings. The van der Waals surface area contributed by atoms with Crippen molar-refractivity contribution in [3.05, 3.63) is 34.6 Å². The molecule has 0 aromatic heterocycles. The van der Waals surface area contributed by atoms with Crippen molar-refractivity contribution in [2.45, 2.75) is 38.2 Å². The number of esters is 1. The topological polar surface area (TPSA) is 26.3 Å². The Morgan fingerprint density at radius 1 is 1.29 bits per heavy atom. The van der Waals surface area contributed by atoms with Gasteiger partial charge in [0.2, 0.25) is 0 Å². The molecule has 0 radical (unpaired) electrons. The van der Waals surface area contributed by atoms with Gasteiger partial charge in [0.05, 0.1) is 5.02 Å². The molecule has 0 aliphatic heterocycles. The van der Waals surface area contributed by atoms with E-state index in [2.05, 4.69) is 0 Å². The standard InChI is InChI=1S/C13H14ClFO2/c14-10-7-4-8-11(15)12(10)13(16)17-9-5-2-1-3-6-9/h4,7-9H,1-3,5-6H2. The van der Waals surface area contributed by atoms with Crippen LogP contribution in [0.3, 0.4) is 0 Å². The minimum atomic E-state index is -0.653. The Labute approximate surface area is 105 Å². The largest absolute Gasteiger partial charge is 0.459 e. The van der Waals surface area contributed by atoms with Gasteiger partial charge in [-0.2, -0.15) is 0 Å². The zero-order valence-corrected chi connectivity index (χ0v) is 10.2.